The molecule has 0 bridgehead atoms. The fourth-order valence-electron chi connectivity index (χ4n) is 2.21. The number of carboxylic acids is 1. The Balaban J connectivity index is 1.76. The Morgan fingerprint density at radius 3 is 2.13 bits per heavy atom. The van der Waals surface area contributed by atoms with Crippen molar-refractivity contribution in [3.8, 4) is 0 Å². The molecule has 23 heavy (non-hydrogen) atoms. The second-order valence-electron chi connectivity index (χ2n) is 5.16. The van der Waals surface area contributed by atoms with Crippen molar-refractivity contribution in [1.82, 2.24) is 10.6 Å². The zero-order valence-corrected chi connectivity index (χ0v) is 12.7. The van der Waals surface area contributed by atoms with Crippen LogP contribution in [-0.2, 0) is 11.2 Å². The summed E-state index contributed by atoms with van der Waals surface area (Å²) < 4.78 is 0. The minimum Gasteiger partial charge on any atom is -0.480 e. The molecule has 0 fully saturated rings. The number of nitrogens with one attached hydrogen (secondary N) is 2. The standard InChI is InChI=1S/C18H20N2O3/c21-17(15-9-5-2-6-10-15)20-12-11-19-16(18(22)23)13-14-7-3-1-4-8-14/h1-10,16,19H,11-13H2,(H,20,21)(H,22,23). The second kappa shape index (κ2) is 8.70. The average molecular weight is 312 g/mol. The van der Waals surface area contributed by atoms with Crippen LogP contribution in [0.3, 0.4) is 0 Å². The zero-order valence-electron chi connectivity index (χ0n) is 12.7. The van der Waals surface area contributed by atoms with Crippen LogP contribution >= 0.6 is 0 Å². The molecule has 1 amide bonds. The Labute approximate surface area is 135 Å². The molecule has 5 heteroatoms. The van der Waals surface area contributed by atoms with E-state index in [0.29, 0.717) is 25.1 Å². The Morgan fingerprint density at radius 1 is 0.913 bits per heavy atom. The molecule has 1 unspecified atom stereocenters. The van der Waals surface area contributed by atoms with Gasteiger partial charge in [0.25, 0.3) is 5.91 Å². The third-order valence-corrected chi connectivity index (χ3v) is 3.42. The summed E-state index contributed by atoms with van der Waals surface area (Å²) >= 11 is 0. The first-order valence-electron chi connectivity index (χ1n) is 7.50. The quantitative estimate of drug-likeness (QED) is 0.648. The van der Waals surface area contributed by atoms with Gasteiger partial charge in [0.1, 0.15) is 6.04 Å². The molecular formula is C18H20N2O3. The van der Waals surface area contributed by atoms with Gasteiger partial charge in [-0.3, -0.25) is 9.59 Å². The summed E-state index contributed by atoms with van der Waals surface area (Å²) in [5.41, 5.74) is 1.55. The van der Waals surface area contributed by atoms with E-state index < -0.39 is 12.0 Å². The lowest BCUT2D eigenvalue weighted by Crippen LogP contribution is -2.42. The van der Waals surface area contributed by atoms with Gasteiger partial charge >= 0.3 is 5.97 Å². The third kappa shape index (κ3) is 5.56. The van der Waals surface area contributed by atoms with Crippen LogP contribution < -0.4 is 10.6 Å². The number of benzene rings is 2. The molecule has 0 aliphatic carbocycles. The Morgan fingerprint density at radius 2 is 1.52 bits per heavy atom. The fraction of sp³-hybridized carbons (Fsp3) is 0.222. The van der Waals surface area contributed by atoms with Gasteiger partial charge in [0.15, 0.2) is 0 Å². The van der Waals surface area contributed by atoms with Gasteiger partial charge in [-0.1, -0.05) is 48.5 Å². The fourth-order valence-corrected chi connectivity index (χ4v) is 2.21. The Hall–Kier alpha value is -2.66. The molecule has 0 spiro atoms. The third-order valence-electron chi connectivity index (χ3n) is 3.42. The normalized spacial score (nSPS) is 11.7. The summed E-state index contributed by atoms with van der Waals surface area (Å²) in [6.45, 7) is 0.759. The minimum atomic E-state index is -0.900. The molecule has 0 aromatic heterocycles. The van der Waals surface area contributed by atoms with E-state index in [2.05, 4.69) is 10.6 Å². The molecule has 0 saturated carbocycles. The number of amides is 1. The second-order valence-corrected chi connectivity index (χ2v) is 5.16. The van der Waals surface area contributed by atoms with Crippen LogP contribution in [0.15, 0.2) is 60.7 Å². The predicted octanol–water partition coefficient (Wildman–Crippen LogP) is 1.70. The van der Waals surface area contributed by atoms with Crippen molar-refractivity contribution >= 4 is 11.9 Å². The van der Waals surface area contributed by atoms with Gasteiger partial charge in [-0.05, 0) is 24.1 Å². The molecule has 3 N–H and O–H groups in total. The van der Waals surface area contributed by atoms with Gasteiger partial charge in [0.2, 0.25) is 0 Å². The van der Waals surface area contributed by atoms with Gasteiger partial charge in [-0.25, -0.2) is 0 Å². The van der Waals surface area contributed by atoms with Crippen molar-refractivity contribution in [2.45, 2.75) is 12.5 Å². The van der Waals surface area contributed by atoms with Crippen molar-refractivity contribution in [3.05, 3.63) is 71.8 Å². The maximum Gasteiger partial charge on any atom is 0.321 e. The first-order valence-corrected chi connectivity index (χ1v) is 7.50. The highest BCUT2D eigenvalue weighted by Gasteiger charge is 2.16. The lowest BCUT2D eigenvalue weighted by Gasteiger charge is -2.15. The largest absolute Gasteiger partial charge is 0.480 e. The maximum absolute atomic E-state index is 11.9. The molecule has 1 atom stereocenters. The predicted molar refractivity (Wildman–Crippen MR) is 88.3 cm³/mol. The Bertz CT molecular complexity index is 629. The highest BCUT2D eigenvalue weighted by molar-refractivity contribution is 5.94. The summed E-state index contributed by atoms with van der Waals surface area (Å²) in [7, 11) is 0. The number of carbonyl (C=O) groups excluding carboxylic acids is 1. The molecule has 2 rings (SSSR count). The van der Waals surface area contributed by atoms with Crippen molar-refractivity contribution in [1.29, 1.82) is 0 Å². The van der Waals surface area contributed by atoms with Crippen LogP contribution in [0.25, 0.3) is 0 Å². The number of carbonyl (C=O) groups is 2. The van der Waals surface area contributed by atoms with E-state index in [9.17, 15) is 14.7 Å². The summed E-state index contributed by atoms with van der Waals surface area (Å²) in [6.07, 6.45) is 0.406. The van der Waals surface area contributed by atoms with Gasteiger partial charge in [0.05, 0.1) is 0 Å². The van der Waals surface area contributed by atoms with E-state index in [1.54, 1.807) is 24.3 Å². The molecule has 5 nitrogen and oxygen atoms in total. The lowest BCUT2D eigenvalue weighted by atomic mass is 10.1. The first-order chi connectivity index (χ1) is 11.2. The van der Waals surface area contributed by atoms with Crippen LogP contribution in [0, 0.1) is 0 Å². The van der Waals surface area contributed by atoms with Crippen molar-refractivity contribution < 1.29 is 14.7 Å². The Kier molecular flexibility index (Phi) is 6.32. The van der Waals surface area contributed by atoms with Crippen LogP contribution in [0.2, 0.25) is 0 Å². The van der Waals surface area contributed by atoms with E-state index in [4.69, 9.17) is 0 Å². The van der Waals surface area contributed by atoms with E-state index >= 15 is 0 Å². The van der Waals surface area contributed by atoms with Crippen LogP contribution in [0.1, 0.15) is 15.9 Å². The van der Waals surface area contributed by atoms with Gasteiger partial charge in [-0.15, -0.1) is 0 Å². The van der Waals surface area contributed by atoms with Crippen LogP contribution in [0.5, 0.6) is 0 Å². The molecule has 2 aromatic rings. The van der Waals surface area contributed by atoms with Gasteiger partial charge in [-0.2, -0.15) is 0 Å². The molecule has 0 saturated heterocycles. The van der Waals surface area contributed by atoms with Crippen molar-refractivity contribution in [2.75, 3.05) is 13.1 Å². The molecule has 2 aromatic carbocycles. The summed E-state index contributed by atoms with van der Waals surface area (Å²) in [5.74, 6) is -1.06. The van der Waals surface area contributed by atoms with Crippen molar-refractivity contribution in [2.24, 2.45) is 0 Å². The topological polar surface area (TPSA) is 78.4 Å². The van der Waals surface area contributed by atoms with Gasteiger partial charge in [0, 0.05) is 18.7 Å². The van der Waals surface area contributed by atoms with Crippen molar-refractivity contribution in [3.63, 3.8) is 0 Å². The van der Waals surface area contributed by atoms with E-state index in [1.165, 1.54) is 0 Å². The minimum absolute atomic E-state index is 0.165. The summed E-state index contributed by atoms with van der Waals surface area (Å²) in [5, 5.41) is 15.0. The number of carboxylic acid groups (broad SMARTS) is 1. The smallest absolute Gasteiger partial charge is 0.321 e. The number of hydrogen-bond donors (Lipinski definition) is 3. The summed E-state index contributed by atoms with van der Waals surface area (Å²) in [4.78, 5) is 23.2. The van der Waals surface area contributed by atoms with Crippen LogP contribution in [-0.4, -0.2) is 36.1 Å². The van der Waals surface area contributed by atoms with E-state index in [-0.39, 0.29) is 5.91 Å². The molecule has 120 valence electrons. The lowest BCUT2D eigenvalue weighted by molar-refractivity contribution is -0.139. The number of rotatable bonds is 8. The highest BCUT2D eigenvalue weighted by Crippen LogP contribution is 2.03. The molecule has 0 heterocycles. The van der Waals surface area contributed by atoms with E-state index in [1.807, 2.05) is 36.4 Å². The molecule has 0 aliphatic heterocycles. The molecule has 0 radical (unpaired) electrons. The molecule has 0 aliphatic rings. The SMILES string of the molecule is O=C(NCCNC(Cc1ccccc1)C(=O)O)c1ccccc1. The maximum atomic E-state index is 11.9. The number of hydrogen-bond acceptors (Lipinski definition) is 3. The molecular weight excluding hydrogens is 292 g/mol. The van der Waals surface area contributed by atoms with E-state index in [0.717, 1.165) is 5.56 Å². The first kappa shape index (κ1) is 16.7. The zero-order chi connectivity index (χ0) is 16.5. The number of aliphatic carboxylic acids is 1. The summed E-state index contributed by atoms with van der Waals surface area (Å²) in [6, 6.07) is 17.7. The van der Waals surface area contributed by atoms with Gasteiger partial charge < -0.3 is 15.7 Å². The van der Waals surface area contributed by atoms with Crippen LogP contribution in [0.4, 0.5) is 0 Å². The highest BCUT2D eigenvalue weighted by atomic mass is 16.4. The monoisotopic (exact) mass is 312 g/mol. The average Bonchev–Trinajstić information content (AvgIpc) is 2.59.